The molecule has 122 valence electrons. The summed E-state index contributed by atoms with van der Waals surface area (Å²) in [5.41, 5.74) is 0. The van der Waals surface area contributed by atoms with E-state index in [1.165, 1.54) is 0 Å². The highest BCUT2D eigenvalue weighted by atomic mass is 19.4. The van der Waals surface area contributed by atoms with Crippen LogP contribution in [0.15, 0.2) is 0 Å². The molecule has 2 N–H and O–H groups in total. The molecule has 7 heteroatoms. The van der Waals surface area contributed by atoms with E-state index < -0.39 is 35.9 Å². The van der Waals surface area contributed by atoms with E-state index in [1.807, 2.05) is 13.8 Å². The van der Waals surface area contributed by atoms with Crippen molar-refractivity contribution in [2.75, 3.05) is 0 Å². The number of carboxylic acid groups (broad SMARTS) is 1. The molecule has 1 aliphatic rings. The number of halogens is 3. The zero-order valence-corrected chi connectivity index (χ0v) is 12.2. The molecule has 0 saturated heterocycles. The SMILES string of the molecule is CC(C)C[C@H](NC(=O)[C@@H]1CCC[C@H](C(F)(F)F)C1)C(=O)O. The van der Waals surface area contributed by atoms with Gasteiger partial charge in [0.1, 0.15) is 6.04 Å². The lowest BCUT2D eigenvalue weighted by Crippen LogP contribution is -2.46. The van der Waals surface area contributed by atoms with Gasteiger partial charge in [0.2, 0.25) is 5.91 Å². The molecule has 1 saturated carbocycles. The lowest BCUT2D eigenvalue weighted by molar-refractivity contribution is -0.186. The van der Waals surface area contributed by atoms with Crippen LogP contribution in [0.1, 0.15) is 46.0 Å². The van der Waals surface area contributed by atoms with E-state index >= 15 is 0 Å². The normalized spacial score (nSPS) is 24.7. The van der Waals surface area contributed by atoms with Crippen molar-refractivity contribution in [1.82, 2.24) is 5.32 Å². The fourth-order valence-electron chi connectivity index (χ4n) is 2.71. The maximum absolute atomic E-state index is 12.7. The van der Waals surface area contributed by atoms with Gasteiger partial charge >= 0.3 is 12.1 Å². The van der Waals surface area contributed by atoms with E-state index in [0.29, 0.717) is 12.8 Å². The van der Waals surface area contributed by atoms with E-state index in [9.17, 15) is 22.8 Å². The van der Waals surface area contributed by atoms with Crippen LogP contribution < -0.4 is 5.32 Å². The van der Waals surface area contributed by atoms with Crippen LogP contribution in [-0.4, -0.2) is 29.2 Å². The maximum Gasteiger partial charge on any atom is 0.391 e. The maximum atomic E-state index is 12.7. The van der Waals surface area contributed by atoms with Crippen molar-refractivity contribution in [3.8, 4) is 0 Å². The van der Waals surface area contributed by atoms with E-state index in [-0.39, 0.29) is 25.2 Å². The number of amides is 1. The van der Waals surface area contributed by atoms with Crippen LogP contribution in [0.25, 0.3) is 0 Å². The smallest absolute Gasteiger partial charge is 0.391 e. The van der Waals surface area contributed by atoms with Crippen LogP contribution in [0.3, 0.4) is 0 Å². The summed E-state index contributed by atoms with van der Waals surface area (Å²) in [6.45, 7) is 3.64. The Balaban J connectivity index is 2.63. The summed E-state index contributed by atoms with van der Waals surface area (Å²) in [7, 11) is 0. The second-order valence-corrected chi connectivity index (χ2v) is 6.13. The van der Waals surface area contributed by atoms with E-state index in [2.05, 4.69) is 5.32 Å². The zero-order valence-electron chi connectivity index (χ0n) is 12.2. The van der Waals surface area contributed by atoms with E-state index in [4.69, 9.17) is 5.11 Å². The Hall–Kier alpha value is -1.27. The topological polar surface area (TPSA) is 66.4 Å². The summed E-state index contributed by atoms with van der Waals surface area (Å²) >= 11 is 0. The second kappa shape index (κ2) is 7.13. The third kappa shape index (κ3) is 5.55. The summed E-state index contributed by atoms with van der Waals surface area (Å²) in [6, 6.07) is -1.04. The summed E-state index contributed by atoms with van der Waals surface area (Å²) in [6.07, 6.45) is -3.51. The number of carboxylic acids is 1. The molecule has 1 aliphatic carbocycles. The van der Waals surface area contributed by atoms with Crippen molar-refractivity contribution in [3.05, 3.63) is 0 Å². The van der Waals surface area contributed by atoms with Gasteiger partial charge in [0, 0.05) is 5.92 Å². The fourth-order valence-corrected chi connectivity index (χ4v) is 2.71. The van der Waals surface area contributed by atoms with Gasteiger partial charge in [0.25, 0.3) is 0 Å². The Labute approximate surface area is 122 Å². The molecule has 21 heavy (non-hydrogen) atoms. The van der Waals surface area contributed by atoms with Gasteiger partial charge in [0.15, 0.2) is 0 Å². The summed E-state index contributed by atoms with van der Waals surface area (Å²) in [4.78, 5) is 23.1. The molecule has 0 bridgehead atoms. The van der Waals surface area contributed by atoms with Gasteiger partial charge < -0.3 is 10.4 Å². The molecule has 0 aliphatic heterocycles. The van der Waals surface area contributed by atoms with Crippen molar-refractivity contribution >= 4 is 11.9 Å². The second-order valence-electron chi connectivity index (χ2n) is 6.13. The monoisotopic (exact) mass is 309 g/mol. The quantitative estimate of drug-likeness (QED) is 0.820. The number of hydrogen-bond donors (Lipinski definition) is 2. The van der Waals surface area contributed by atoms with Crippen LogP contribution in [0.5, 0.6) is 0 Å². The zero-order chi connectivity index (χ0) is 16.2. The van der Waals surface area contributed by atoms with Crippen molar-refractivity contribution in [2.45, 2.75) is 58.2 Å². The van der Waals surface area contributed by atoms with Gasteiger partial charge in [-0.1, -0.05) is 20.3 Å². The Morgan fingerprint density at radius 1 is 1.29 bits per heavy atom. The van der Waals surface area contributed by atoms with E-state index in [0.717, 1.165) is 0 Å². The Morgan fingerprint density at radius 3 is 2.38 bits per heavy atom. The first-order valence-corrected chi connectivity index (χ1v) is 7.21. The first-order chi connectivity index (χ1) is 9.61. The summed E-state index contributed by atoms with van der Waals surface area (Å²) in [5.74, 6) is -3.87. The van der Waals surface area contributed by atoms with Gasteiger partial charge in [-0.15, -0.1) is 0 Å². The minimum atomic E-state index is -4.29. The third-order valence-corrected chi connectivity index (χ3v) is 3.83. The molecular weight excluding hydrogens is 287 g/mol. The van der Waals surface area contributed by atoms with Gasteiger partial charge in [0.05, 0.1) is 5.92 Å². The Bertz CT molecular complexity index is 382. The molecule has 0 unspecified atom stereocenters. The average molecular weight is 309 g/mol. The lowest BCUT2D eigenvalue weighted by atomic mass is 9.80. The van der Waals surface area contributed by atoms with Crippen LogP contribution >= 0.6 is 0 Å². The largest absolute Gasteiger partial charge is 0.480 e. The summed E-state index contributed by atoms with van der Waals surface area (Å²) < 4.78 is 38.1. The highest BCUT2D eigenvalue weighted by Crippen LogP contribution is 2.39. The van der Waals surface area contributed by atoms with Crippen molar-refractivity contribution in [1.29, 1.82) is 0 Å². The Kier molecular flexibility index (Phi) is 6.04. The van der Waals surface area contributed by atoms with Crippen molar-refractivity contribution in [3.63, 3.8) is 0 Å². The van der Waals surface area contributed by atoms with Gasteiger partial charge in [-0.2, -0.15) is 13.2 Å². The molecular formula is C14H22F3NO3. The van der Waals surface area contributed by atoms with Crippen LogP contribution in [0.2, 0.25) is 0 Å². The number of nitrogens with one attached hydrogen (secondary N) is 1. The van der Waals surface area contributed by atoms with Crippen molar-refractivity contribution in [2.24, 2.45) is 17.8 Å². The van der Waals surface area contributed by atoms with E-state index in [1.54, 1.807) is 0 Å². The molecule has 0 aromatic heterocycles. The number of carbonyl (C=O) groups excluding carboxylic acids is 1. The third-order valence-electron chi connectivity index (χ3n) is 3.83. The van der Waals surface area contributed by atoms with Gasteiger partial charge in [-0.3, -0.25) is 4.79 Å². The molecule has 1 amide bonds. The molecule has 1 rings (SSSR count). The number of hydrogen-bond acceptors (Lipinski definition) is 2. The Morgan fingerprint density at radius 2 is 1.90 bits per heavy atom. The summed E-state index contributed by atoms with van der Waals surface area (Å²) in [5, 5.41) is 11.4. The highest BCUT2D eigenvalue weighted by molar-refractivity contribution is 5.85. The predicted molar refractivity (Wildman–Crippen MR) is 70.5 cm³/mol. The van der Waals surface area contributed by atoms with Gasteiger partial charge in [-0.25, -0.2) is 4.79 Å². The van der Waals surface area contributed by atoms with Crippen molar-refractivity contribution < 1.29 is 27.9 Å². The number of aliphatic carboxylic acids is 1. The average Bonchev–Trinajstić information content (AvgIpc) is 2.36. The highest BCUT2D eigenvalue weighted by Gasteiger charge is 2.43. The lowest BCUT2D eigenvalue weighted by Gasteiger charge is -2.30. The van der Waals surface area contributed by atoms with Crippen LogP contribution in [0, 0.1) is 17.8 Å². The van der Waals surface area contributed by atoms with Crippen LogP contribution in [0.4, 0.5) is 13.2 Å². The minimum absolute atomic E-state index is 0.0433. The van der Waals surface area contributed by atoms with Gasteiger partial charge in [-0.05, 0) is 31.6 Å². The first kappa shape index (κ1) is 17.8. The minimum Gasteiger partial charge on any atom is -0.480 e. The number of alkyl halides is 3. The number of rotatable bonds is 5. The van der Waals surface area contributed by atoms with Crippen LogP contribution in [-0.2, 0) is 9.59 Å². The molecule has 4 nitrogen and oxygen atoms in total. The molecule has 0 spiro atoms. The standard InChI is InChI=1S/C14H22F3NO3/c1-8(2)6-11(13(20)21)18-12(19)9-4-3-5-10(7-9)14(15,16)17/h8-11H,3-7H2,1-2H3,(H,18,19)(H,20,21)/t9-,10+,11+/m1/s1. The molecule has 0 radical (unpaired) electrons. The molecule has 0 aromatic rings. The predicted octanol–water partition coefficient (Wildman–Crippen LogP) is 2.97. The molecule has 0 aromatic carbocycles. The molecule has 1 fully saturated rings. The molecule has 0 heterocycles. The number of carbonyl (C=O) groups is 2. The molecule has 3 atom stereocenters. The first-order valence-electron chi connectivity index (χ1n) is 7.21. The fraction of sp³-hybridized carbons (Fsp3) is 0.857.